The second-order valence-electron chi connectivity index (χ2n) is 4.39. The van der Waals surface area contributed by atoms with Crippen molar-refractivity contribution in [3.05, 3.63) is 68.1 Å². The van der Waals surface area contributed by atoms with Crippen molar-refractivity contribution in [2.75, 3.05) is 0 Å². The van der Waals surface area contributed by atoms with Crippen LogP contribution in [0, 0.1) is 0 Å². The predicted molar refractivity (Wildman–Crippen MR) is 85.9 cm³/mol. The molecular formula is C15H14BrCl2N. The van der Waals surface area contributed by atoms with E-state index >= 15 is 0 Å². The van der Waals surface area contributed by atoms with Gasteiger partial charge in [0, 0.05) is 27.1 Å². The van der Waals surface area contributed by atoms with Crippen molar-refractivity contribution in [1.82, 2.24) is 5.32 Å². The molecule has 0 fully saturated rings. The van der Waals surface area contributed by atoms with Crippen LogP contribution in [-0.4, -0.2) is 0 Å². The van der Waals surface area contributed by atoms with Crippen LogP contribution in [0.5, 0.6) is 0 Å². The van der Waals surface area contributed by atoms with Crippen molar-refractivity contribution in [2.24, 2.45) is 0 Å². The smallest absolute Gasteiger partial charge is 0.0417 e. The molecule has 0 aliphatic rings. The van der Waals surface area contributed by atoms with Crippen molar-refractivity contribution in [1.29, 1.82) is 0 Å². The van der Waals surface area contributed by atoms with E-state index in [9.17, 15) is 0 Å². The number of benzene rings is 2. The predicted octanol–water partition coefficient (Wildman–Crippen LogP) is 5.61. The molecular weight excluding hydrogens is 345 g/mol. The molecule has 0 heterocycles. The maximum atomic E-state index is 5.93. The van der Waals surface area contributed by atoms with E-state index in [4.69, 9.17) is 23.2 Å². The second-order valence-corrected chi connectivity index (χ2v) is 6.12. The van der Waals surface area contributed by atoms with Gasteiger partial charge in [-0.15, -0.1) is 0 Å². The van der Waals surface area contributed by atoms with Crippen LogP contribution >= 0.6 is 39.1 Å². The first-order valence-corrected chi connectivity index (χ1v) is 7.54. The van der Waals surface area contributed by atoms with Gasteiger partial charge in [0.1, 0.15) is 0 Å². The van der Waals surface area contributed by atoms with Gasteiger partial charge in [-0.05, 0) is 42.3 Å². The van der Waals surface area contributed by atoms with Gasteiger partial charge < -0.3 is 5.32 Å². The number of nitrogens with one attached hydrogen (secondary N) is 1. The molecule has 0 saturated heterocycles. The highest BCUT2D eigenvalue weighted by Crippen LogP contribution is 2.22. The van der Waals surface area contributed by atoms with Crippen LogP contribution in [-0.2, 0) is 6.54 Å². The van der Waals surface area contributed by atoms with Crippen LogP contribution in [0.3, 0.4) is 0 Å². The van der Waals surface area contributed by atoms with Crippen LogP contribution in [0.25, 0.3) is 0 Å². The molecule has 0 unspecified atom stereocenters. The molecule has 2 aromatic rings. The van der Waals surface area contributed by atoms with Gasteiger partial charge in [0.25, 0.3) is 0 Å². The molecule has 0 spiro atoms. The zero-order chi connectivity index (χ0) is 13.8. The largest absolute Gasteiger partial charge is 0.306 e. The van der Waals surface area contributed by atoms with Gasteiger partial charge >= 0.3 is 0 Å². The highest BCUT2D eigenvalue weighted by atomic mass is 79.9. The molecule has 100 valence electrons. The van der Waals surface area contributed by atoms with E-state index < -0.39 is 0 Å². The van der Waals surface area contributed by atoms with Crippen molar-refractivity contribution >= 4 is 39.1 Å². The van der Waals surface area contributed by atoms with E-state index in [1.54, 1.807) is 0 Å². The molecule has 0 aromatic heterocycles. The Morgan fingerprint density at radius 3 is 2.32 bits per heavy atom. The van der Waals surface area contributed by atoms with Crippen LogP contribution in [0.2, 0.25) is 10.0 Å². The molecule has 0 aliphatic carbocycles. The molecule has 0 saturated carbocycles. The lowest BCUT2D eigenvalue weighted by Gasteiger charge is -2.15. The molecule has 1 N–H and O–H groups in total. The Morgan fingerprint density at radius 1 is 1.05 bits per heavy atom. The van der Waals surface area contributed by atoms with Crippen LogP contribution < -0.4 is 5.32 Å². The summed E-state index contributed by atoms with van der Waals surface area (Å²) < 4.78 is 1.02. The average molecular weight is 359 g/mol. The highest BCUT2D eigenvalue weighted by Gasteiger charge is 2.06. The number of hydrogen-bond acceptors (Lipinski definition) is 1. The van der Waals surface area contributed by atoms with Crippen LogP contribution in [0.4, 0.5) is 0 Å². The molecule has 0 amide bonds. The topological polar surface area (TPSA) is 12.0 Å². The minimum absolute atomic E-state index is 0.264. The fourth-order valence-corrected chi connectivity index (χ4v) is 2.75. The fraction of sp³-hybridized carbons (Fsp3) is 0.200. The van der Waals surface area contributed by atoms with Crippen molar-refractivity contribution in [2.45, 2.75) is 19.5 Å². The maximum absolute atomic E-state index is 5.93. The highest BCUT2D eigenvalue weighted by molar-refractivity contribution is 9.10. The Labute approximate surface area is 132 Å². The Bertz CT molecular complexity index is 555. The first kappa shape index (κ1) is 14.9. The summed E-state index contributed by atoms with van der Waals surface area (Å²) in [5.74, 6) is 0. The molecule has 0 bridgehead atoms. The van der Waals surface area contributed by atoms with Gasteiger partial charge in [0.15, 0.2) is 0 Å². The zero-order valence-electron chi connectivity index (χ0n) is 10.5. The third-order valence-corrected chi connectivity index (χ3v) is 4.21. The van der Waals surface area contributed by atoms with Gasteiger partial charge in [-0.25, -0.2) is 0 Å². The number of rotatable bonds is 4. The van der Waals surface area contributed by atoms with Crippen LogP contribution in [0.15, 0.2) is 46.9 Å². The van der Waals surface area contributed by atoms with Crippen molar-refractivity contribution in [3.8, 4) is 0 Å². The van der Waals surface area contributed by atoms with Gasteiger partial charge in [0.05, 0.1) is 0 Å². The minimum atomic E-state index is 0.264. The number of hydrogen-bond donors (Lipinski definition) is 1. The summed E-state index contributed by atoms with van der Waals surface area (Å²) in [5, 5.41) is 4.98. The summed E-state index contributed by atoms with van der Waals surface area (Å²) in [6.45, 7) is 2.91. The van der Waals surface area contributed by atoms with E-state index in [0.717, 1.165) is 21.1 Å². The van der Waals surface area contributed by atoms with Gasteiger partial charge in [-0.1, -0.05) is 57.3 Å². The molecule has 1 nitrogen and oxygen atoms in total. The Balaban J connectivity index is 2.00. The summed E-state index contributed by atoms with van der Waals surface area (Å²) in [6, 6.07) is 14.0. The Hall–Kier alpha value is -0.540. The van der Waals surface area contributed by atoms with Gasteiger partial charge in [-0.3, -0.25) is 0 Å². The molecule has 0 radical (unpaired) electrons. The molecule has 1 atom stereocenters. The molecule has 2 rings (SSSR count). The molecule has 4 heteroatoms. The van der Waals surface area contributed by atoms with Crippen LogP contribution in [0.1, 0.15) is 24.1 Å². The lowest BCUT2D eigenvalue weighted by atomic mass is 10.1. The fourth-order valence-electron chi connectivity index (χ4n) is 1.80. The third-order valence-electron chi connectivity index (χ3n) is 2.98. The average Bonchev–Trinajstić information content (AvgIpc) is 2.38. The third kappa shape index (κ3) is 4.22. The Kier molecular flexibility index (Phi) is 5.28. The van der Waals surface area contributed by atoms with E-state index in [-0.39, 0.29) is 6.04 Å². The summed E-state index contributed by atoms with van der Waals surface area (Å²) in [4.78, 5) is 0. The zero-order valence-corrected chi connectivity index (χ0v) is 13.6. The van der Waals surface area contributed by atoms with Gasteiger partial charge in [-0.2, -0.15) is 0 Å². The first-order valence-electron chi connectivity index (χ1n) is 5.99. The SMILES string of the molecule is C[C@H](NCc1ccc(Cl)cc1Br)c1ccc(Cl)cc1. The van der Waals surface area contributed by atoms with E-state index in [1.165, 1.54) is 11.1 Å². The summed E-state index contributed by atoms with van der Waals surface area (Å²) in [7, 11) is 0. The molecule has 2 aromatic carbocycles. The summed E-state index contributed by atoms with van der Waals surface area (Å²) >= 11 is 15.3. The normalized spacial score (nSPS) is 12.4. The molecule has 19 heavy (non-hydrogen) atoms. The molecule has 0 aliphatic heterocycles. The first-order chi connectivity index (χ1) is 9.06. The lowest BCUT2D eigenvalue weighted by Crippen LogP contribution is -2.18. The monoisotopic (exact) mass is 357 g/mol. The quantitative estimate of drug-likeness (QED) is 0.749. The van der Waals surface area contributed by atoms with Crippen molar-refractivity contribution < 1.29 is 0 Å². The van der Waals surface area contributed by atoms with E-state index in [2.05, 4.69) is 28.2 Å². The summed E-state index contributed by atoms with van der Waals surface area (Å²) in [6.07, 6.45) is 0. The number of halogens is 3. The second kappa shape index (κ2) is 6.76. The van der Waals surface area contributed by atoms with E-state index in [0.29, 0.717) is 0 Å². The van der Waals surface area contributed by atoms with Gasteiger partial charge in [0.2, 0.25) is 0 Å². The van der Waals surface area contributed by atoms with Crippen molar-refractivity contribution in [3.63, 3.8) is 0 Å². The van der Waals surface area contributed by atoms with E-state index in [1.807, 2.05) is 42.5 Å². The maximum Gasteiger partial charge on any atom is 0.0417 e. The Morgan fingerprint density at radius 2 is 1.68 bits per heavy atom. The lowest BCUT2D eigenvalue weighted by molar-refractivity contribution is 0.574. The standard InChI is InChI=1S/C15H14BrCl2N/c1-10(11-2-5-13(17)6-3-11)19-9-12-4-7-14(18)8-15(12)16/h2-8,10,19H,9H2,1H3/t10-/m0/s1. The minimum Gasteiger partial charge on any atom is -0.306 e. The summed E-state index contributed by atoms with van der Waals surface area (Å²) in [5.41, 5.74) is 2.40.